The van der Waals surface area contributed by atoms with Crippen molar-refractivity contribution in [2.45, 2.75) is 69.5 Å². The maximum atomic E-state index is 13.8. The van der Waals surface area contributed by atoms with E-state index < -0.39 is 49.3 Å². The summed E-state index contributed by atoms with van der Waals surface area (Å²) < 4.78 is 11.5. The maximum absolute atomic E-state index is 13.8. The zero-order chi connectivity index (χ0) is 31.3. The average molecular weight is 593 g/mol. The lowest BCUT2D eigenvalue weighted by Gasteiger charge is -2.39. The smallest absolute Gasteiger partial charge is 0.247 e. The summed E-state index contributed by atoms with van der Waals surface area (Å²) in [6.07, 6.45) is -7.40. The highest BCUT2D eigenvalue weighted by Crippen LogP contribution is 2.32. The third-order valence-corrected chi connectivity index (χ3v) is 7.36. The monoisotopic (exact) mass is 592 g/mol. The minimum Gasteiger partial charge on any atom is -0.462 e. The van der Waals surface area contributed by atoms with Crippen molar-refractivity contribution in [3.63, 3.8) is 0 Å². The molecule has 3 aromatic carbocycles. The van der Waals surface area contributed by atoms with Crippen LogP contribution in [0, 0.1) is 5.41 Å². The zero-order valence-electron chi connectivity index (χ0n) is 24.4. The van der Waals surface area contributed by atoms with E-state index in [2.05, 4.69) is 31.4 Å². The molecule has 1 aliphatic heterocycles. The highest BCUT2D eigenvalue weighted by atomic mass is 16.7. The largest absolute Gasteiger partial charge is 0.462 e. The molecule has 4 rings (SSSR count). The lowest BCUT2D eigenvalue weighted by molar-refractivity contribution is -0.277. The standard InChI is InChI=1S/C32H40N4O7/c1-32(2,3)20-13-11-18(12-14-20)16-35-30(41)25(36-21-8-6-7-19(15-21)29(33)34)22-9-4-5-10-23(22)42-31-28(40)27(39)26(38)24(17-37)43-31/h4-15,24-28,31,36-40H,16-17H2,1-3H3,(H3,33,34)(H,35,41). The first-order chi connectivity index (χ1) is 20.4. The van der Waals surface area contributed by atoms with Crippen molar-refractivity contribution in [1.29, 1.82) is 5.41 Å². The van der Waals surface area contributed by atoms with Crippen LogP contribution in [0.15, 0.2) is 72.8 Å². The Balaban J connectivity index is 1.63. The van der Waals surface area contributed by atoms with Crippen molar-refractivity contribution in [3.8, 4) is 5.75 Å². The van der Waals surface area contributed by atoms with Crippen LogP contribution in [0.1, 0.15) is 49.1 Å². The predicted octanol–water partition coefficient (Wildman–Crippen LogP) is 1.92. The third-order valence-electron chi connectivity index (χ3n) is 7.36. The van der Waals surface area contributed by atoms with E-state index in [9.17, 15) is 25.2 Å². The summed E-state index contributed by atoms with van der Waals surface area (Å²) in [6.45, 7) is 6.04. The quantitative estimate of drug-likeness (QED) is 0.128. The number of anilines is 1. The van der Waals surface area contributed by atoms with Gasteiger partial charge in [0.25, 0.3) is 0 Å². The van der Waals surface area contributed by atoms with Gasteiger partial charge in [0, 0.05) is 23.4 Å². The normalized spacial score (nSPS) is 22.8. The number of aliphatic hydroxyl groups excluding tert-OH is 4. The number of hydrogen-bond donors (Lipinski definition) is 8. The number of carbonyl (C=O) groups excluding carboxylic acids is 1. The van der Waals surface area contributed by atoms with Gasteiger partial charge in [0.1, 0.15) is 42.0 Å². The number of nitrogen functional groups attached to an aromatic ring is 1. The molecule has 230 valence electrons. The number of amides is 1. The van der Waals surface area contributed by atoms with E-state index in [0.717, 1.165) is 5.56 Å². The Morgan fingerprint density at radius 1 is 1.00 bits per heavy atom. The summed E-state index contributed by atoms with van der Waals surface area (Å²) in [5.41, 5.74) is 9.12. The predicted molar refractivity (Wildman–Crippen MR) is 162 cm³/mol. The van der Waals surface area contributed by atoms with Crippen molar-refractivity contribution in [2.75, 3.05) is 11.9 Å². The molecule has 1 heterocycles. The molecule has 1 aliphatic rings. The second kappa shape index (κ2) is 13.5. The van der Waals surface area contributed by atoms with Gasteiger partial charge in [-0.1, -0.05) is 75.4 Å². The van der Waals surface area contributed by atoms with Crippen molar-refractivity contribution in [1.82, 2.24) is 5.32 Å². The summed E-state index contributed by atoms with van der Waals surface area (Å²) in [5, 5.41) is 54.5. The van der Waals surface area contributed by atoms with Gasteiger partial charge in [-0.05, 0) is 34.7 Å². The summed E-state index contributed by atoms with van der Waals surface area (Å²) in [4.78, 5) is 13.8. The fraction of sp³-hybridized carbons (Fsp3) is 0.375. The number of ether oxygens (including phenoxy) is 2. The van der Waals surface area contributed by atoms with Gasteiger partial charge < -0.3 is 46.3 Å². The first-order valence-electron chi connectivity index (χ1n) is 14.0. The molecule has 11 nitrogen and oxygen atoms in total. The van der Waals surface area contributed by atoms with Crippen molar-refractivity contribution in [3.05, 3.63) is 95.1 Å². The van der Waals surface area contributed by atoms with E-state index in [0.29, 0.717) is 16.8 Å². The highest BCUT2D eigenvalue weighted by Gasteiger charge is 2.45. The van der Waals surface area contributed by atoms with Crippen LogP contribution in [0.25, 0.3) is 0 Å². The summed E-state index contributed by atoms with van der Waals surface area (Å²) >= 11 is 0. The van der Waals surface area contributed by atoms with Crippen LogP contribution < -0.4 is 21.1 Å². The molecule has 1 saturated heterocycles. The number of hydrogen-bond acceptors (Lipinski definition) is 9. The van der Waals surface area contributed by atoms with Crippen LogP contribution in [0.2, 0.25) is 0 Å². The first kappa shape index (κ1) is 31.9. The van der Waals surface area contributed by atoms with Gasteiger partial charge in [0.05, 0.1) is 6.61 Å². The molecular formula is C32H40N4O7. The van der Waals surface area contributed by atoms with Gasteiger partial charge >= 0.3 is 0 Å². The van der Waals surface area contributed by atoms with Crippen LogP contribution in [-0.2, 0) is 21.5 Å². The summed E-state index contributed by atoms with van der Waals surface area (Å²) in [7, 11) is 0. The zero-order valence-corrected chi connectivity index (χ0v) is 24.4. The van der Waals surface area contributed by atoms with Gasteiger partial charge in [-0.2, -0.15) is 0 Å². The number of aliphatic hydroxyl groups is 4. The second-order valence-corrected chi connectivity index (χ2v) is 11.6. The third kappa shape index (κ3) is 7.70. The second-order valence-electron chi connectivity index (χ2n) is 11.6. The molecule has 0 spiro atoms. The maximum Gasteiger partial charge on any atom is 0.247 e. The molecule has 9 N–H and O–H groups in total. The molecule has 0 bridgehead atoms. The van der Waals surface area contributed by atoms with Gasteiger partial charge in [-0.3, -0.25) is 10.2 Å². The van der Waals surface area contributed by atoms with E-state index in [-0.39, 0.29) is 23.5 Å². The lowest BCUT2D eigenvalue weighted by Crippen LogP contribution is -2.60. The Labute approximate surface area is 250 Å². The Hall–Kier alpha value is -4.00. The first-order valence-corrected chi connectivity index (χ1v) is 14.0. The molecule has 0 aliphatic carbocycles. The molecular weight excluding hydrogens is 552 g/mol. The highest BCUT2D eigenvalue weighted by molar-refractivity contribution is 5.96. The topological polar surface area (TPSA) is 190 Å². The minimum absolute atomic E-state index is 0.00410. The van der Waals surface area contributed by atoms with Crippen LogP contribution >= 0.6 is 0 Å². The fourth-order valence-electron chi connectivity index (χ4n) is 4.76. The number of nitrogens with one attached hydrogen (secondary N) is 3. The number of carbonyl (C=O) groups is 1. The average Bonchev–Trinajstić information content (AvgIpc) is 2.99. The Kier molecular flexibility index (Phi) is 10.0. The molecule has 6 atom stereocenters. The van der Waals surface area contributed by atoms with Gasteiger partial charge in [0.15, 0.2) is 0 Å². The minimum atomic E-state index is -1.63. The SMILES string of the molecule is CC(C)(C)c1ccc(CNC(=O)C(Nc2cccc(C(=N)N)c2)c2ccccc2OC2OC(CO)C(O)C(O)C2O)cc1. The van der Waals surface area contributed by atoms with E-state index in [1.54, 1.807) is 48.5 Å². The molecule has 11 heteroatoms. The van der Waals surface area contributed by atoms with Crippen molar-refractivity contribution in [2.24, 2.45) is 5.73 Å². The Bertz CT molecular complexity index is 1410. The van der Waals surface area contributed by atoms with E-state index >= 15 is 0 Å². The number of nitrogens with two attached hydrogens (primary N) is 1. The number of para-hydroxylation sites is 1. The van der Waals surface area contributed by atoms with Gasteiger partial charge in [0.2, 0.25) is 12.2 Å². The van der Waals surface area contributed by atoms with Gasteiger partial charge in [-0.15, -0.1) is 0 Å². The van der Waals surface area contributed by atoms with E-state index in [1.807, 2.05) is 24.3 Å². The molecule has 3 aromatic rings. The van der Waals surface area contributed by atoms with E-state index in [1.165, 1.54) is 5.56 Å². The molecule has 6 unspecified atom stereocenters. The Morgan fingerprint density at radius 2 is 1.70 bits per heavy atom. The van der Waals surface area contributed by atoms with Crippen molar-refractivity contribution >= 4 is 17.4 Å². The summed E-state index contributed by atoms with van der Waals surface area (Å²) in [5.74, 6) is -0.357. The molecule has 0 radical (unpaired) electrons. The number of benzene rings is 3. The molecule has 0 saturated carbocycles. The molecule has 1 fully saturated rings. The molecule has 0 aromatic heterocycles. The lowest BCUT2D eigenvalue weighted by atomic mass is 9.87. The van der Waals surface area contributed by atoms with E-state index in [4.69, 9.17) is 20.6 Å². The van der Waals surface area contributed by atoms with Crippen molar-refractivity contribution < 1.29 is 34.7 Å². The van der Waals surface area contributed by atoms with Crippen LogP contribution in [0.4, 0.5) is 5.69 Å². The fourth-order valence-corrected chi connectivity index (χ4v) is 4.76. The summed E-state index contributed by atoms with van der Waals surface area (Å²) in [6, 6.07) is 20.4. The number of rotatable bonds is 10. The molecule has 43 heavy (non-hydrogen) atoms. The Morgan fingerprint density at radius 3 is 2.35 bits per heavy atom. The van der Waals surface area contributed by atoms with Crippen LogP contribution in [-0.4, -0.2) is 69.5 Å². The molecule has 1 amide bonds. The van der Waals surface area contributed by atoms with Crippen LogP contribution in [0.5, 0.6) is 5.75 Å². The van der Waals surface area contributed by atoms with Crippen LogP contribution in [0.3, 0.4) is 0 Å². The van der Waals surface area contributed by atoms with Gasteiger partial charge in [-0.25, -0.2) is 0 Å². The number of amidine groups is 1.